The van der Waals surface area contributed by atoms with Gasteiger partial charge in [-0.3, -0.25) is 14.6 Å². The number of carbonyl (C=O) groups excluding carboxylic acids is 1. The van der Waals surface area contributed by atoms with E-state index in [9.17, 15) is 9.59 Å². The zero-order valence-electron chi connectivity index (χ0n) is 11.3. The van der Waals surface area contributed by atoms with E-state index in [1.807, 2.05) is 0 Å². The van der Waals surface area contributed by atoms with Crippen LogP contribution in [0.3, 0.4) is 0 Å². The van der Waals surface area contributed by atoms with Gasteiger partial charge >= 0.3 is 5.97 Å². The van der Waals surface area contributed by atoms with Crippen LogP contribution in [0.2, 0.25) is 5.02 Å². The fourth-order valence-electron chi connectivity index (χ4n) is 1.84. The Bertz CT molecular complexity index is 684. The van der Waals surface area contributed by atoms with E-state index in [0.29, 0.717) is 22.0 Å². The molecule has 2 aromatic rings. The fraction of sp³-hybridized carbons (Fsp3) is 0.133. The Morgan fingerprint density at radius 2 is 2.05 bits per heavy atom. The van der Waals surface area contributed by atoms with Gasteiger partial charge < -0.3 is 10.4 Å². The minimum absolute atomic E-state index is 0.148. The normalized spacial score (nSPS) is 10.2. The number of nitrogens with zero attached hydrogens (tertiary/aromatic N) is 1. The van der Waals surface area contributed by atoms with Crippen molar-refractivity contribution in [3.05, 3.63) is 58.4 Å². The highest BCUT2D eigenvalue weighted by atomic mass is 35.5. The number of carbonyl (C=O) groups is 2. The van der Waals surface area contributed by atoms with Crippen LogP contribution in [0.25, 0.3) is 0 Å². The highest BCUT2D eigenvalue weighted by Crippen LogP contribution is 2.17. The van der Waals surface area contributed by atoms with Crippen molar-refractivity contribution in [1.29, 1.82) is 0 Å². The first-order valence-corrected chi connectivity index (χ1v) is 6.58. The molecular formula is C15H13ClN2O3. The molecule has 1 aromatic carbocycles. The van der Waals surface area contributed by atoms with Crippen LogP contribution in [0, 0.1) is 6.92 Å². The lowest BCUT2D eigenvalue weighted by atomic mass is 10.1. The predicted octanol–water partition coefficient (Wildman–Crippen LogP) is 2.92. The summed E-state index contributed by atoms with van der Waals surface area (Å²) in [6, 6.07) is 8.20. The minimum atomic E-state index is -0.948. The Kier molecular flexibility index (Phi) is 4.55. The number of rotatable bonds is 4. The quantitative estimate of drug-likeness (QED) is 0.910. The van der Waals surface area contributed by atoms with Gasteiger partial charge in [0.1, 0.15) is 0 Å². The number of aliphatic carboxylic acids is 1. The van der Waals surface area contributed by atoms with Gasteiger partial charge in [0.25, 0.3) is 5.91 Å². The van der Waals surface area contributed by atoms with E-state index in [2.05, 4.69) is 10.3 Å². The van der Waals surface area contributed by atoms with Crippen LogP contribution < -0.4 is 5.32 Å². The predicted molar refractivity (Wildman–Crippen MR) is 79.7 cm³/mol. The minimum Gasteiger partial charge on any atom is -0.481 e. The van der Waals surface area contributed by atoms with Crippen LogP contribution in [0.15, 0.2) is 36.5 Å². The lowest BCUT2D eigenvalue weighted by Crippen LogP contribution is -2.13. The number of aromatic nitrogens is 1. The van der Waals surface area contributed by atoms with Crippen molar-refractivity contribution in [2.45, 2.75) is 13.3 Å². The number of hydrogen-bond donors (Lipinski definition) is 2. The van der Waals surface area contributed by atoms with Gasteiger partial charge in [-0.2, -0.15) is 0 Å². The molecule has 0 saturated carbocycles. The van der Waals surface area contributed by atoms with Crippen molar-refractivity contribution >= 4 is 29.2 Å². The van der Waals surface area contributed by atoms with Gasteiger partial charge in [0.2, 0.25) is 0 Å². The number of amides is 1. The Labute approximate surface area is 126 Å². The van der Waals surface area contributed by atoms with Gasteiger partial charge in [-0.05, 0) is 42.8 Å². The molecule has 0 unspecified atom stereocenters. The van der Waals surface area contributed by atoms with Crippen molar-refractivity contribution in [3.8, 4) is 0 Å². The molecule has 2 rings (SSSR count). The number of carboxylic acid groups (broad SMARTS) is 1. The van der Waals surface area contributed by atoms with Gasteiger partial charge in [-0.1, -0.05) is 11.6 Å². The molecule has 0 radical (unpaired) electrons. The third-order valence-corrected chi connectivity index (χ3v) is 3.08. The van der Waals surface area contributed by atoms with Crippen molar-refractivity contribution in [2.24, 2.45) is 0 Å². The SMILES string of the molecule is Cc1cc(Cl)ccc1C(=O)Nc1ccc(CC(=O)O)nc1. The molecular weight excluding hydrogens is 292 g/mol. The molecule has 0 atom stereocenters. The topological polar surface area (TPSA) is 79.3 Å². The summed E-state index contributed by atoms with van der Waals surface area (Å²) in [5, 5.41) is 11.9. The molecule has 0 spiro atoms. The zero-order valence-corrected chi connectivity index (χ0v) is 12.0. The Balaban J connectivity index is 2.10. The molecule has 108 valence electrons. The fourth-order valence-corrected chi connectivity index (χ4v) is 2.06. The number of hydrogen-bond acceptors (Lipinski definition) is 3. The van der Waals surface area contributed by atoms with E-state index < -0.39 is 5.97 Å². The maximum atomic E-state index is 12.1. The summed E-state index contributed by atoms with van der Waals surface area (Å²) in [4.78, 5) is 26.7. The maximum absolute atomic E-state index is 12.1. The van der Waals surface area contributed by atoms with Crippen LogP contribution in [-0.4, -0.2) is 22.0 Å². The van der Waals surface area contributed by atoms with E-state index in [1.165, 1.54) is 6.20 Å². The Morgan fingerprint density at radius 3 is 2.62 bits per heavy atom. The number of carboxylic acids is 1. The molecule has 2 N–H and O–H groups in total. The molecule has 21 heavy (non-hydrogen) atoms. The first-order valence-electron chi connectivity index (χ1n) is 6.20. The zero-order chi connectivity index (χ0) is 15.4. The highest BCUT2D eigenvalue weighted by Gasteiger charge is 2.10. The summed E-state index contributed by atoms with van der Waals surface area (Å²) in [6.07, 6.45) is 1.28. The largest absolute Gasteiger partial charge is 0.481 e. The average Bonchev–Trinajstić information content (AvgIpc) is 2.40. The Hall–Kier alpha value is -2.40. The van der Waals surface area contributed by atoms with E-state index in [0.717, 1.165) is 5.56 Å². The second-order valence-electron chi connectivity index (χ2n) is 4.52. The molecule has 1 aromatic heterocycles. The van der Waals surface area contributed by atoms with Gasteiger partial charge in [0.15, 0.2) is 0 Å². The van der Waals surface area contributed by atoms with Gasteiger partial charge in [0, 0.05) is 10.6 Å². The molecule has 5 nitrogen and oxygen atoms in total. The standard InChI is InChI=1S/C15H13ClN2O3/c1-9-6-10(16)2-5-13(9)15(21)18-12-4-3-11(17-8-12)7-14(19)20/h2-6,8H,7H2,1H3,(H,18,21)(H,19,20). The molecule has 0 aliphatic carbocycles. The molecule has 0 aliphatic rings. The Morgan fingerprint density at radius 1 is 1.29 bits per heavy atom. The first-order chi connectivity index (χ1) is 9.95. The van der Waals surface area contributed by atoms with Crippen molar-refractivity contribution in [3.63, 3.8) is 0 Å². The number of aryl methyl sites for hydroxylation is 1. The molecule has 6 heteroatoms. The van der Waals surface area contributed by atoms with E-state index in [4.69, 9.17) is 16.7 Å². The number of halogens is 1. The molecule has 0 aliphatic heterocycles. The third-order valence-electron chi connectivity index (χ3n) is 2.85. The van der Waals surface area contributed by atoms with Gasteiger partial charge in [-0.15, -0.1) is 0 Å². The maximum Gasteiger partial charge on any atom is 0.309 e. The van der Waals surface area contributed by atoms with Gasteiger partial charge in [-0.25, -0.2) is 0 Å². The summed E-state index contributed by atoms with van der Waals surface area (Å²) in [5.74, 6) is -1.21. The molecule has 0 fully saturated rings. The molecule has 1 heterocycles. The summed E-state index contributed by atoms with van der Waals surface area (Å²) >= 11 is 5.85. The van der Waals surface area contributed by atoms with Crippen LogP contribution in [0.5, 0.6) is 0 Å². The van der Waals surface area contributed by atoms with Gasteiger partial charge in [0.05, 0.1) is 24.0 Å². The van der Waals surface area contributed by atoms with Crippen LogP contribution in [0.1, 0.15) is 21.6 Å². The van der Waals surface area contributed by atoms with Crippen LogP contribution in [-0.2, 0) is 11.2 Å². The van der Waals surface area contributed by atoms with Crippen molar-refractivity contribution in [1.82, 2.24) is 4.98 Å². The summed E-state index contributed by atoms with van der Waals surface area (Å²) in [7, 11) is 0. The van der Waals surface area contributed by atoms with E-state index in [-0.39, 0.29) is 12.3 Å². The van der Waals surface area contributed by atoms with Crippen LogP contribution >= 0.6 is 11.6 Å². The van der Waals surface area contributed by atoms with Crippen molar-refractivity contribution < 1.29 is 14.7 Å². The monoisotopic (exact) mass is 304 g/mol. The molecule has 1 amide bonds. The summed E-state index contributed by atoms with van der Waals surface area (Å²) < 4.78 is 0. The number of nitrogens with one attached hydrogen (secondary N) is 1. The van der Waals surface area contributed by atoms with Crippen LogP contribution in [0.4, 0.5) is 5.69 Å². The lowest BCUT2D eigenvalue weighted by Gasteiger charge is -2.08. The van der Waals surface area contributed by atoms with E-state index in [1.54, 1.807) is 37.3 Å². The summed E-state index contributed by atoms with van der Waals surface area (Å²) in [5.41, 5.74) is 2.23. The molecule has 0 bridgehead atoms. The number of benzene rings is 1. The summed E-state index contributed by atoms with van der Waals surface area (Å²) in [6.45, 7) is 1.80. The number of anilines is 1. The smallest absolute Gasteiger partial charge is 0.309 e. The second-order valence-corrected chi connectivity index (χ2v) is 4.96. The lowest BCUT2D eigenvalue weighted by molar-refractivity contribution is -0.136. The first kappa shape index (κ1) is 15.0. The highest BCUT2D eigenvalue weighted by molar-refractivity contribution is 6.30. The third kappa shape index (κ3) is 4.03. The second kappa shape index (κ2) is 6.37. The molecule has 0 saturated heterocycles. The van der Waals surface area contributed by atoms with Crippen molar-refractivity contribution in [2.75, 3.05) is 5.32 Å². The average molecular weight is 305 g/mol. The number of pyridine rings is 1. The van der Waals surface area contributed by atoms with E-state index >= 15 is 0 Å².